The lowest BCUT2D eigenvalue weighted by molar-refractivity contribution is -0.142. The summed E-state index contributed by atoms with van der Waals surface area (Å²) >= 11 is 0. The van der Waals surface area contributed by atoms with Gasteiger partial charge in [0.25, 0.3) is 0 Å². The molecule has 18 nitrogen and oxygen atoms in total. The molecule has 0 heterocycles. The van der Waals surface area contributed by atoms with Crippen molar-refractivity contribution >= 4 is 67.5 Å². The fourth-order valence-electron chi connectivity index (χ4n) is 7.00. The number of nitrogens with two attached hydrogens (primary N) is 1. The maximum absolute atomic E-state index is 14.3. The monoisotopic (exact) mass is 975 g/mol. The number of fused-ring (bicyclic) bond motifs is 1. The van der Waals surface area contributed by atoms with Crippen molar-refractivity contribution in [1.29, 1.82) is 0 Å². The predicted molar refractivity (Wildman–Crippen MR) is 273 cm³/mol. The molecule has 0 saturated heterocycles. The van der Waals surface area contributed by atoms with Gasteiger partial charge in [0.1, 0.15) is 30.1 Å². The fourth-order valence-corrected chi connectivity index (χ4v) is 7.00. The number of hydrogen-bond donors (Lipinski definition) is 11. The van der Waals surface area contributed by atoms with Crippen LogP contribution in [0.4, 0.5) is 0 Å². The normalized spacial score (nSPS) is 14.4. The highest BCUT2D eigenvalue weighted by Gasteiger charge is 2.40. The number of ketones is 1. The number of aliphatic carboxylic acids is 1. The smallest absolute Gasteiger partial charge is 0.325 e. The van der Waals surface area contributed by atoms with Gasteiger partial charge in [0.2, 0.25) is 29.5 Å². The highest BCUT2D eigenvalue weighted by molar-refractivity contribution is 6.75. The largest absolute Gasteiger partial charge is 0.480 e. The molecule has 5 amide bonds. The van der Waals surface area contributed by atoms with Gasteiger partial charge in [0, 0.05) is 33.0 Å². The van der Waals surface area contributed by atoms with E-state index in [1.807, 2.05) is 42.5 Å². The van der Waals surface area contributed by atoms with Crippen LogP contribution in [-0.2, 0) is 41.6 Å². The van der Waals surface area contributed by atoms with E-state index in [-0.39, 0.29) is 18.6 Å². The molecule has 0 spiro atoms. The molecular weight excluding hydrogens is 906 g/mol. The summed E-state index contributed by atoms with van der Waals surface area (Å²) in [5, 5.41) is 53.1. The first-order chi connectivity index (χ1) is 33.0. The molecular formula is C51H68B2N8O10. The van der Waals surface area contributed by atoms with Crippen molar-refractivity contribution < 1.29 is 48.9 Å². The summed E-state index contributed by atoms with van der Waals surface area (Å²) < 4.78 is 0. The molecule has 4 unspecified atom stereocenters. The van der Waals surface area contributed by atoms with Gasteiger partial charge in [0.15, 0.2) is 5.78 Å². The summed E-state index contributed by atoms with van der Waals surface area (Å²) in [6.07, 6.45) is -3.09. The Morgan fingerprint density at radius 3 is 1.62 bits per heavy atom. The lowest BCUT2D eigenvalue weighted by Gasteiger charge is -2.37. The zero-order chi connectivity index (χ0) is 53.6. The van der Waals surface area contributed by atoms with Crippen molar-refractivity contribution in [3.63, 3.8) is 0 Å². The zero-order valence-electron chi connectivity index (χ0n) is 42.0. The molecule has 12 N–H and O–H groups in total. The molecule has 4 rings (SSSR count). The molecule has 0 aliphatic rings. The molecule has 0 bridgehead atoms. The van der Waals surface area contributed by atoms with E-state index in [0.29, 0.717) is 16.7 Å². The molecule has 0 aromatic heterocycles. The van der Waals surface area contributed by atoms with Gasteiger partial charge in [-0.05, 0) is 97.6 Å². The molecule has 4 radical (unpaired) electrons. The van der Waals surface area contributed by atoms with E-state index in [4.69, 9.17) is 5.73 Å². The Morgan fingerprint density at radius 2 is 1.06 bits per heavy atom. The average molecular weight is 975 g/mol. The van der Waals surface area contributed by atoms with Crippen LogP contribution in [0.15, 0.2) is 97.1 Å². The van der Waals surface area contributed by atoms with Crippen molar-refractivity contribution in [2.75, 3.05) is 0 Å². The van der Waals surface area contributed by atoms with E-state index < -0.39 is 94.3 Å². The Hall–Kier alpha value is -6.44. The van der Waals surface area contributed by atoms with Crippen LogP contribution in [0.2, 0.25) is 0 Å². The Labute approximate surface area is 418 Å². The van der Waals surface area contributed by atoms with Gasteiger partial charge >= 0.3 is 5.97 Å². The summed E-state index contributed by atoms with van der Waals surface area (Å²) in [5.74, 6) is -5.04. The average Bonchev–Trinajstić information content (AvgIpc) is 3.30. The third-order valence-corrected chi connectivity index (χ3v) is 11.6. The van der Waals surface area contributed by atoms with Crippen LogP contribution in [0.3, 0.4) is 0 Å². The maximum Gasteiger partial charge on any atom is 0.325 e. The van der Waals surface area contributed by atoms with Gasteiger partial charge in [-0.2, -0.15) is 0 Å². The molecule has 4 aromatic carbocycles. The minimum atomic E-state index is -1.66. The summed E-state index contributed by atoms with van der Waals surface area (Å²) in [7, 11) is 8.00. The lowest BCUT2D eigenvalue weighted by atomic mass is 9.81. The first-order valence-corrected chi connectivity index (χ1v) is 23.0. The number of nitrogens with one attached hydrogen (secondary N) is 7. The number of aliphatic hydroxyl groups excluding tert-OH is 2. The molecule has 6 atom stereocenters. The van der Waals surface area contributed by atoms with Crippen molar-refractivity contribution in [2.24, 2.45) is 5.73 Å². The van der Waals surface area contributed by atoms with Gasteiger partial charge in [-0.1, -0.05) is 97.1 Å². The minimum Gasteiger partial charge on any atom is -0.480 e. The molecule has 20 heteroatoms. The molecule has 4 aromatic rings. The van der Waals surface area contributed by atoms with Gasteiger partial charge in [-0.15, -0.1) is 0 Å². The number of benzene rings is 4. The number of amides is 5. The number of aliphatic hydroxyl groups is 2. The Kier molecular flexibility index (Phi) is 20.8. The van der Waals surface area contributed by atoms with Gasteiger partial charge in [-0.3, -0.25) is 44.2 Å². The van der Waals surface area contributed by atoms with Gasteiger partial charge in [0.05, 0.1) is 28.7 Å². The summed E-state index contributed by atoms with van der Waals surface area (Å²) in [6.45, 7) is 14.5. The van der Waals surface area contributed by atoms with Crippen molar-refractivity contribution in [2.45, 2.75) is 141 Å². The molecule has 0 aliphatic heterocycles. The SMILES string of the molecule is CC(NC(=O)C(C)(C)NC(=O)C(Cc1ccc(C(=O)c2ccccc2)cc1)NC(=O)C(C)(C)N[C@@H](O)C(Cc1ccc2ccccc2c1)NC(=O)C(C)(C)N[C@@H](O)C(C)NC(=O)C(C)(C)N)C(=O)O.[B][B]. The Balaban J connectivity index is 0.00000657. The summed E-state index contributed by atoms with van der Waals surface area (Å²) in [6, 6.07) is 23.8. The van der Waals surface area contributed by atoms with Crippen LogP contribution in [-0.4, -0.2) is 131 Å². The number of carboxylic acid groups (broad SMARTS) is 1. The second-order valence-corrected chi connectivity index (χ2v) is 19.6. The summed E-state index contributed by atoms with van der Waals surface area (Å²) in [5.41, 5.74) is 2.00. The maximum atomic E-state index is 14.3. The zero-order valence-corrected chi connectivity index (χ0v) is 42.0. The number of carbonyl (C=O) groups excluding carboxylic acids is 6. The first kappa shape index (κ1) is 58.9. The molecule has 0 aliphatic carbocycles. The number of carboxylic acids is 1. The molecule has 71 heavy (non-hydrogen) atoms. The third-order valence-electron chi connectivity index (χ3n) is 11.6. The van der Waals surface area contributed by atoms with E-state index in [9.17, 15) is 48.9 Å². The molecule has 0 saturated carbocycles. The first-order valence-electron chi connectivity index (χ1n) is 23.0. The lowest BCUT2D eigenvalue weighted by Crippen LogP contribution is -2.67. The van der Waals surface area contributed by atoms with E-state index in [1.54, 1.807) is 54.6 Å². The Morgan fingerprint density at radius 1 is 0.563 bits per heavy atom. The molecule has 378 valence electrons. The number of rotatable bonds is 23. The Bertz CT molecular complexity index is 2500. The van der Waals surface area contributed by atoms with Crippen LogP contribution in [0.5, 0.6) is 0 Å². The second-order valence-electron chi connectivity index (χ2n) is 19.6. The van der Waals surface area contributed by atoms with Crippen molar-refractivity contribution in [1.82, 2.24) is 37.2 Å². The van der Waals surface area contributed by atoms with E-state index in [0.717, 1.165) is 16.3 Å². The van der Waals surface area contributed by atoms with Gasteiger partial charge in [-0.25, -0.2) is 0 Å². The topological polar surface area (TPSA) is 290 Å². The standard InChI is InChI=1S/C51H68N8O10.B2/c1-29(53-44(66)48(3,4)52)40(61)57-50(7,8)46(68)56-38(28-32-22-23-33-16-14-15-19-36(33)26-32)42(63)59-51(9,10)47(69)55-37(41(62)58-49(5,6)45(67)54-30(2)43(64)65)27-31-20-24-35(25-21-31)39(60)34-17-12-11-13-18-34;1-2/h11-26,29-30,37-38,40,42,57,59,61,63H,27-28,52H2,1-10H3,(H,53,66)(H,54,67)(H,55,69)(H,56,68)(H,58,62)(H,64,65);/t29?,30?,37?,38?,40-,42-;/m0./s1. The van der Waals surface area contributed by atoms with Crippen LogP contribution in [0.25, 0.3) is 10.8 Å². The second kappa shape index (κ2) is 25.1. The fraction of sp³-hybridized carbons (Fsp3) is 0.431. The third kappa shape index (κ3) is 17.1. The molecule has 0 fully saturated rings. The quantitative estimate of drug-likeness (QED) is 0.0283. The highest BCUT2D eigenvalue weighted by atomic mass is 16.4. The van der Waals surface area contributed by atoms with E-state index in [2.05, 4.69) is 52.7 Å². The van der Waals surface area contributed by atoms with E-state index >= 15 is 0 Å². The van der Waals surface area contributed by atoms with Crippen molar-refractivity contribution in [3.05, 3.63) is 119 Å². The van der Waals surface area contributed by atoms with Gasteiger partial charge < -0.3 is 47.6 Å². The van der Waals surface area contributed by atoms with Crippen molar-refractivity contribution in [3.8, 4) is 0 Å². The van der Waals surface area contributed by atoms with Crippen LogP contribution in [0.1, 0.15) is 96.3 Å². The minimum absolute atomic E-state index is 0.0601. The van der Waals surface area contributed by atoms with Crippen LogP contribution >= 0.6 is 0 Å². The number of carbonyl (C=O) groups is 7. The van der Waals surface area contributed by atoms with Crippen LogP contribution < -0.4 is 43.0 Å². The summed E-state index contributed by atoms with van der Waals surface area (Å²) in [4.78, 5) is 92.8. The number of hydrogen-bond acceptors (Lipinski definition) is 12. The van der Waals surface area contributed by atoms with Crippen LogP contribution in [0, 0.1) is 0 Å². The van der Waals surface area contributed by atoms with E-state index in [1.165, 1.54) is 69.2 Å². The highest BCUT2D eigenvalue weighted by Crippen LogP contribution is 2.20. The predicted octanol–water partition coefficient (Wildman–Crippen LogP) is 1.16.